The Labute approximate surface area is 275 Å². The molecule has 252 valence electrons. The molecule has 12 nitrogen and oxygen atoms in total. The maximum absolute atomic E-state index is 14.0. The second-order valence-electron chi connectivity index (χ2n) is 12.1. The Morgan fingerprint density at radius 2 is 1.77 bits per heavy atom. The smallest absolute Gasteiger partial charge is 0.415 e. The van der Waals surface area contributed by atoms with Crippen LogP contribution in [0.25, 0.3) is 0 Å². The van der Waals surface area contributed by atoms with Crippen molar-refractivity contribution in [3.05, 3.63) is 78.4 Å². The number of benzene rings is 3. The molecule has 3 aromatic carbocycles. The highest BCUT2D eigenvalue weighted by Gasteiger charge is 2.39. The van der Waals surface area contributed by atoms with Crippen molar-refractivity contribution in [2.75, 3.05) is 50.3 Å². The number of nitrogens with zero attached hydrogens (tertiary/aromatic N) is 3. The fourth-order valence-electron chi connectivity index (χ4n) is 5.45. The summed E-state index contributed by atoms with van der Waals surface area (Å²) in [6.45, 7) is 3.75. The summed E-state index contributed by atoms with van der Waals surface area (Å²) in [7, 11) is -0.304. The zero-order valence-corrected chi connectivity index (χ0v) is 27.9. The fourth-order valence-corrected chi connectivity index (χ4v) is 7.04. The largest absolute Gasteiger partial charge is 0.454 e. The van der Waals surface area contributed by atoms with Crippen LogP contribution >= 0.6 is 0 Å². The molecule has 2 N–H and O–H groups in total. The van der Waals surface area contributed by atoms with Gasteiger partial charge in [0.05, 0.1) is 23.6 Å². The number of nitrogens with one attached hydrogen (secondary N) is 1. The van der Waals surface area contributed by atoms with Gasteiger partial charge >= 0.3 is 6.09 Å². The number of cyclic esters (lactones) is 1. The van der Waals surface area contributed by atoms with E-state index in [1.54, 1.807) is 12.1 Å². The summed E-state index contributed by atoms with van der Waals surface area (Å²) < 4.78 is 45.4. The molecule has 2 aliphatic heterocycles. The van der Waals surface area contributed by atoms with Crippen molar-refractivity contribution in [2.24, 2.45) is 5.92 Å². The van der Waals surface area contributed by atoms with Gasteiger partial charge < -0.3 is 29.5 Å². The van der Waals surface area contributed by atoms with Gasteiger partial charge in [0.15, 0.2) is 17.6 Å². The summed E-state index contributed by atoms with van der Waals surface area (Å²) in [4.78, 5) is 29.7. The Morgan fingerprint density at radius 3 is 2.49 bits per heavy atom. The number of aliphatic hydroxyl groups excluding tert-OH is 1. The standard InChI is InChI=1S/C34H42N4O8S/c1-5-23(2)19-37(47(42,43)27-14-15-30-31(18-27)45-22-44-30)20-29(39)28(16-24-10-7-6-8-11-24)35-33(40)32-21-38(34(41)46-32)26-13-9-12-25(17-26)36(3)4/h6-15,17-18,23,28-29,32,39H,5,16,19-22H2,1-4H3,(H,35,40)/t23-,28?,29-,32+/m1/s1. The van der Waals surface area contributed by atoms with Crippen LogP contribution in [0.1, 0.15) is 25.8 Å². The number of aliphatic hydroxyl groups is 1. The molecule has 5 rings (SSSR count). The van der Waals surface area contributed by atoms with Crippen molar-refractivity contribution < 1.29 is 37.3 Å². The van der Waals surface area contributed by atoms with E-state index in [9.17, 15) is 23.1 Å². The first kappa shape index (κ1) is 34.0. The summed E-state index contributed by atoms with van der Waals surface area (Å²) in [5.74, 6) is 0.192. The van der Waals surface area contributed by atoms with E-state index in [1.807, 2.05) is 81.4 Å². The van der Waals surface area contributed by atoms with Crippen molar-refractivity contribution in [3.8, 4) is 11.5 Å². The lowest BCUT2D eigenvalue weighted by molar-refractivity contribution is -0.129. The summed E-state index contributed by atoms with van der Waals surface area (Å²) in [6.07, 6.45) is -2.17. The summed E-state index contributed by atoms with van der Waals surface area (Å²) in [6, 6.07) is 20.1. The monoisotopic (exact) mass is 666 g/mol. The lowest BCUT2D eigenvalue weighted by atomic mass is 10.0. The SMILES string of the molecule is CC[C@@H](C)CN(C[C@@H](O)C(Cc1ccccc1)NC(=O)[C@@H]1CN(c2cccc(N(C)C)c2)C(=O)O1)S(=O)(=O)c1ccc2c(c1)OCO2. The normalized spacial score (nSPS) is 17.7. The molecule has 47 heavy (non-hydrogen) atoms. The minimum Gasteiger partial charge on any atom is -0.454 e. The van der Waals surface area contributed by atoms with Gasteiger partial charge in [0.2, 0.25) is 16.8 Å². The van der Waals surface area contributed by atoms with Crippen molar-refractivity contribution in [1.82, 2.24) is 9.62 Å². The molecule has 1 saturated heterocycles. The van der Waals surface area contributed by atoms with E-state index in [0.717, 1.165) is 11.3 Å². The molecule has 0 bridgehead atoms. The van der Waals surface area contributed by atoms with E-state index in [4.69, 9.17) is 14.2 Å². The molecule has 2 heterocycles. The average Bonchev–Trinajstić information content (AvgIpc) is 3.70. The highest BCUT2D eigenvalue weighted by Crippen LogP contribution is 2.35. The van der Waals surface area contributed by atoms with Crippen molar-refractivity contribution in [3.63, 3.8) is 0 Å². The number of hydrogen-bond acceptors (Lipinski definition) is 9. The molecule has 2 amide bonds. The van der Waals surface area contributed by atoms with Gasteiger partial charge in [-0.25, -0.2) is 13.2 Å². The van der Waals surface area contributed by atoms with Crippen LogP contribution in [-0.2, 0) is 26.0 Å². The number of fused-ring (bicyclic) bond motifs is 1. The zero-order chi connectivity index (χ0) is 33.7. The average molecular weight is 667 g/mol. The van der Waals surface area contributed by atoms with Crippen LogP contribution in [0.5, 0.6) is 11.5 Å². The maximum atomic E-state index is 14.0. The minimum atomic E-state index is -4.08. The van der Waals surface area contributed by atoms with E-state index in [1.165, 1.54) is 21.3 Å². The Hall–Kier alpha value is -4.33. The minimum absolute atomic E-state index is 0.00549. The molecule has 0 spiro atoms. The summed E-state index contributed by atoms with van der Waals surface area (Å²) in [5.41, 5.74) is 2.30. The summed E-state index contributed by atoms with van der Waals surface area (Å²) >= 11 is 0. The number of hydrogen-bond donors (Lipinski definition) is 2. The topological polar surface area (TPSA) is 138 Å². The molecule has 13 heteroatoms. The third kappa shape index (κ3) is 7.98. The highest BCUT2D eigenvalue weighted by molar-refractivity contribution is 7.89. The number of anilines is 2. The number of sulfonamides is 1. The highest BCUT2D eigenvalue weighted by atomic mass is 32.2. The van der Waals surface area contributed by atoms with Gasteiger partial charge in [0.25, 0.3) is 5.91 Å². The molecule has 0 saturated carbocycles. The third-order valence-electron chi connectivity index (χ3n) is 8.44. The number of ether oxygens (including phenoxy) is 3. The van der Waals surface area contributed by atoms with Crippen LogP contribution in [0, 0.1) is 5.92 Å². The van der Waals surface area contributed by atoms with E-state index in [0.29, 0.717) is 23.6 Å². The van der Waals surface area contributed by atoms with Crippen LogP contribution in [0.15, 0.2) is 77.7 Å². The first-order chi connectivity index (χ1) is 22.5. The van der Waals surface area contributed by atoms with Crippen molar-refractivity contribution >= 4 is 33.4 Å². The van der Waals surface area contributed by atoms with Crippen LogP contribution in [0.4, 0.5) is 16.2 Å². The molecule has 0 radical (unpaired) electrons. The quantitative estimate of drug-likeness (QED) is 0.264. The summed E-state index contributed by atoms with van der Waals surface area (Å²) in [5, 5.41) is 14.5. The van der Waals surface area contributed by atoms with E-state index in [-0.39, 0.29) is 43.7 Å². The lowest BCUT2D eigenvalue weighted by Gasteiger charge is -2.31. The molecule has 0 aromatic heterocycles. The third-order valence-corrected chi connectivity index (χ3v) is 10.3. The van der Waals surface area contributed by atoms with Crippen molar-refractivity contribution in [2.45, 2.75) is 49.8 Å². The second-order valence-corrected chi connectivity index (χ2v) is 14.1. The predicted octanol–water partition coefficient (Wildman–Crippen LogP) is 3.63. The first-order valence-electron chi connectivity index (χ1n) is 15.6. The molecular formula is C34H42N4O8S. The lowest BCUT2D eigenvalue weighted by Crippen LogP contribution is -2.53. The number of carbonyl (C=O) groups excluding carboxylic acids is 2. The molecule has 2 aliphatic rings. The number of amides is 2. The number of carbonyl (C=O) groups is 2. The Bertz CT molecular complexity index is 1670. The van der Waals surface area contributed by atoms with Gasteiger partial charge in [-0.1, -0.05) is 56.7 Å². The van der Waals surface area contributed by atoms with Crippen LogP contribution < -0.4 is 24.6 Å². The van der Waals surface area contributed by atoms with Crippen LogP contribution in [0.3, 0.4) is 0 Å². The fraction of sp³-hybridized carbons (Fsp3) is 0.412. The van der Waals surface area contributed by atoms with Gasteiger partial charge in [-0.2, -0.15) is 4.31 Å². The van der Waals surface area contributed by atoms with E-state index >= 15 is 0 Å². The Morgan fingerprint density at radius 1 is 1.02 bits per heavy atom. The first-order valence-corrected chi connectivity index (χ1v) is 17.1. The van der Waals surface area contributed by atoms with Crippen LogP contribution in [-0.4, -0.2) is 88.6 Å². The van der Waals surface area contributed by atoms with Gasteiger partial charge in [-0.15, -0.1) is 0 Å². The molecular weight excluding hydrogens is 624 g/mol. The molecule has 1 unspecified atom stereocenters. The molecule has 1 fully saturated rings. The molecule has 4 atom stereocenters. The maximum Gasteiger partial charge on any atom is 0.415 e. The van der Waals surface area contributed by atoms with Crippen molar-refractivity contribution in [1.29, 1.82) is 0 Å². The Balaban J connectivity index is 1.36. The molecule has 0 aliphatic carbocycles. The Kier molecular flexibility index (Phi) is 10.6. The zero-order valence-electron chi connectivity index (χ0n) is 27.0. The number of rotatable bonds is 14. The second kappa shape index (κ2) is 14.6. The van der Waals surface area contributed by atoms with E-state index < -0.39 is 40.3 Å². The van der Waals surface area contributed by atoms with E-state index in [2.05, 4.69) is 5.32 Å². The van der Waals surface area contributed by atoms with Gasteiger partial charge in [0, 0.05) is 44.6 Å². The van der Waals surface area contributed by atoms with Gasteiger partial charge in [0.1, 0.15) is 0 Å². The van der Waals surface area contributed by atoms with Crippen LogP contribution in [0.2, 0.25) is 0 Å². The van der Waals surface area contributed by atoms with Gasteiger partial charge in [-0.05, 0) is 48.2 Å². The molecule has 3 aromatic rings. The van der Waals surface area contributed by atoms with Gasteiger partial charge in [-0.3, -0.25) is 9.69 Å². The predicted molar refractivity (Wildman–Crippen MR) is 177 cm³/mol.